The minimum atomic E-state index is -0.612. The summed E-state index contributed by atoms with van der Waals surface area (Å²) in [5, 5.41) is 10.8. The zero-order chi connectivity index (χ0) is 18.4. The third-order valence-corrected chi connectivity index (χ3v) is 4.97. The molecule has 1 aromatic carbocycles. The van der Waals surface area contributed by atoms with Crippen molar-refractivity contribution >= 4 is 18.3 Å². The zero-order valence-corrected chi connectivity index (χ0v) is 16.6. The number of nitrogens with zero attached hydrogens (tertiary/aromatic N) is 2. The summed E-state index contributed by atoms with van der Waals surface area (Å²) < 4.78 is 12.5. The van der Waals surface area contributed by atoms with E-state index in [1.807, 2.05) is 30.5 Å². The highest BCUT2D eigenvalue weighted by Crippen LogP contribution is 2.28. The van der Waals surface area contributed by atoms with Gasteiger partial charge in [0.1, 0.15) is 17.0 Å². The van der Waals surface area contributed by atoms with Crippen molar-refractivity contribution in [1.29, 1.82) is 0 Å². The molecule has 1 aromatic heterocycles. The van der Waals surface area contributed by atoms with Gasteiger partial charge >= 0.3 is 0 Å². The Kier molecular flexibility index (Phi) is 7.50. The maximum absolute atomic E-state index is 13.0. The van der Waals surface area contributed by atoms with E-state index in [4.69, 9.17) is 9.47 Å². The second kappa shape index (κ2) is 9.62. The van der Waals surface area contributed by atoms with Crippen LogP contribution in [0.15, 0.2) is 36.7 Å². The Bertz CT molecular complexity index is 731. The topological polar surface area (TPSA) is 77.4 Å². The van der Waals surface area contributed by atoms with Crippen LogP contribution in [-0.4, -0.2) is 49.5 Å². The summed E-state index contributed by atoms with van der Waals surface area (Å²) in [5.41, 5.74) is 0.422. The molecule has 2 heterocycles. The van der Waals surface area contributed by atoms with Crippen molar-refractivity contribution < 1.29 is 14.3 Å². The predicted octanol–water partition coefficient (Wildman–Crippen LogP) is 1.76. The first-order chi connectivity index (χ1) is 12.7. The number of piperidine rings is 1. The largest absolute Gasteiger partial charge is 0.497 e. The van der Waals surface area contributed by atoms with Crippen molar-refractivity contribution in [3.8, 4) is 11.5 Å². The van der Waals surface area contributed by atoms with Gasteiger partial charge in [-0.2, -0.15) is 5.10 Å². The van der Waals surface area contributed by atoms with Gasteiger partial charge in [-0.15, -0.1) is 12.4 Å². The molecular weight excluding hydrogens is 368 g/mol. The third-order valence-electron chi connectivity index (χ3n) is 4.97. The molecule has 1 aliphatic heterocycles. The molecule has 0 atom stereocenters. The van der Waals surface area contributed by atoms with E-state index in [1.165, 1.54) is 0 Å². The van der Waals surface area contributed by atoms with E-state index in [2.05, 4.69) is 15.7 Å². The number of amides is 1. The van der Waals surface area contributed by atoms with Gasteiger partial charge in [-0.3, -0.25) is 9.48 Å². The minimum Gasteiger partial charge on any atom is -0.497 e. The molecule has 3 rings (SSSR count). The van der Waals surface area contributed by atoms with Crippen LogP contribution in [0, 0.1) is 0 Å². The molecule has 0 bridgehead atoms. The van der Waals surface area contributed by atoms with Gasteiger partial charge in [0.25, 0.3) is 0 Å². The number of hydrogen-bond donors (Lipinski definition) is 2. The maximum atomic E-state index is 13.0. The molecule has 1 fully saturated rings. The number of nitrogens with one attached hydrogen (secondary N) is 2. The van der Waals surface area contributed by atoms with E-state index in [9.17, 15) is 4.79 Å². The Morgan fingerprint density at radius 2 is 2.07 bits per heavy atom. The van der Waals surface area contributed by atoms with Crippen molar-refractivity contribution in [1.82, 2.24) is 20.4 Å². The SMILES string of the molecule is COc1ccc(CCNC(=O)C2(n3cccn3)CCNCC2)c(OC)c1.Cl. The molecule has 7 nitrogen and oxygen atoms in total. The molecule has 1 saturated heterocycles. The van der Waals surface area contributed by atoms with E-state index >= 15 is 0 Å². The number of halogens is 1. The van der Waals surface area contributed by atoms with Crippen LogP contribution < -0.4 is 20.1 Å². The molecule has 0 aliphatic carbocycles. The second-order valence-electron chi connectivity index (χ2n) is 6.42. The number of carbonyl (C=O) groups is 1. The number of methoxy groups -OCH3 is 2. The van der Waals surface area contributed by atoms with Crippen LogP contribution in [0.3, 0.4) is 0 Å². The van der Waals surface area contributed by atoms with Gasteiger partial charge in [0.15, 0.2) is 0 Å². The molecular formula is C19H27ClN4O3. The third kappa shape index (κ3) is 4.54. The predicted molar refractivity (Wildman–Crippen MR) is 106 cm³/mol. The number of benzene rings is 1. The van der Waals surface area contributed by atoms with Gasteiger partial charge in [-0.1, -0.05) is 6.07 Å². The number of hydrogen-bond acceptors (Lipinski definition) is 5. The van der Waals surface area contributed by atoms with Crippen molar-refractivity contribution in [2.24, 2.45) is 0 Å². The lowest BCUT2D eigenvalue weighted by atomic mass is 9.87. The first-order valence-corrected chi connectivity index (χ1v) is 8.89. The van der Waals surface area contributed by atoms with Crippen molar-refractivity contribution in [3.63, 3.8) is 0 Å². The molecule has 1 amide bonds. The van der Waals surface area contributed by atoms with Crippen LogP contribution in [0.25, 0.3) is 0 Å². The monoisotopic (exact) mass is 394 g/mol. The Balaban J connectivity index is 0.00000261. The first kappa shape index (κ1) is 21.1. The quantitative estimate of drug-likeness (QED) is 0.748. The molecule has 27 heavy (non-hydrogen) atoms. The van der Waals surface area contributed by atoms with Gasteiger partial charge in [0, 0.05) is 25.0 Å². The van der Waals surface area contributed by atoms with Crippen molar-refractivity contribution in [2.45, 2.75) is 24.8 Å². The normalized spacial score (nSPS) is 15.5. The molecule has 2 N–H and O–H groups in total. The van der Waals surface area contributed by atoms with Gasteiger partial charge in [0.05, 0.1) is 14.2 Å². The van der Waals surface area contributed by atoms with Gasteiger partial charge in [-0.05, 0) is 50.0 Å². The number of ether oxygens (including phenoxy) is 2. The van der Waals surface area contributed by atoms with E-state index in [1.54, 1.807) is 25.1 Å². The lowest BCUT2D eigenvalue weighted by Gasteiger charge is -2.36. The summed E-state index contributed by atoms with van der Waals surface area (Å²) in [6, 6.07) is 7.59. The smallest absolute Gasteiger partial charge is 0.248 e. The van der Waals surface area contributed by atoms with Crippen LogP contribution in [0.1, 0.15) is 18.4 Å². The zero-order valence-electron chi connectivity index (χ0n) is 15.7. The summed E-state index contributed by atoms with van der Waals surface area (Å²) in [5.74, 6) is 1.54. The standard InChI is InChI=1S/C19H26N4O3.ClH/c1-25-16-5-4-15(17(14-16)26-2)6-10-21-18(24)19(7-11-20-12-8-19)23-13-3-9-22-23;/h3-5,9,13-14,20H,6-8,10-12H2,1-2H3,(H,21,24);1H. The molecule has 8 heteroatoms. The maximum Gasteiger partial charge on any atom is 0.248 e. The minimum absolute atomic E-state index is 0. The molecule has 0 radical (unpaired) electrons. The number of carbonyl (C=O) groups excluding carboxylic acids is 1. The molecule has 148 valence electrons. The van der Waals surface area contributed by atoms with E-state index in [-0.39, 0.29) is 18.3 Å². The number of rotatable bonds is 7. The van der Waals surface area contributed by atoms with Crippen LogP contribution in [0.5, 0.6) is 11.5 Å². The van der Waals surface area contributed by atoms with Crippen molar-refractivity contribution in [2.75, 3.05) is 33.9 Å². The first-order valence-electron chi connectivity index (χ1n) is 8.89. The average molecular weight is 395 g/mol. The van der Waals surface area contributed by atoms with Gasteiger partial charge in [0.2, 0.25) is 5.91 Å². The average Bonchev–Trinajstić information content (AvgIpc) is 3.24. The van der Waals surface area contributed by atoms with Crippen molar-refractivity contribution in [3.05, 3.63) is 42.2 Å². The summed E-state index contributed by atoms with van der Waals surface area (Å²) in [6.45, 7) is 2.15. The highest BCUT2D eigenvalue weighted by atomic mass is 35.5. The lowest BCUT2D eigenvalue weighted by molar-refractivity contribution is -0.131. The van der Waals surface area contributed by atoms with E-state index in [0.717, 1.165) is 43.0 Å². The summed E-state index contributed by atoms with van der Waals surface area (Å²) in [7, 11) is 3.26. The summed E-state index contributed by atoms with van der Waals surface area (Å²) in [6.07, 6.45) is 5.74. The molecule has 0 spiro atoms. The number of aromatic nitrogens is 2. The van der Waals surface area contributed by atoms with Gasteiger partial charge in [-0.25, -0.2) is 0 Å². The fourth-order valence-corrected chi connectivity index (χ4v) is 3.46. The van der Waals surface area contributed by atoms with Crippen LogP contribution >= 0.6 is 12.4 Å². The molecule has 0 unspecified atom stereocenters. The van der Waals surface area contributed by atoms with E-state index in [0.29, 0.717) is 13.0 Å². The summed E-state index contributed by atoms with van der Waals surface area (Å²) in [4.78, 5) is 13.0. The van der Waals surface area contributed by atoms with Crippen LogP contribution in [-0.2, 0) is 16.8 Å². The lowest BCUT2D eigenvalue weighted by Crippen LogP contribution is -2.54. The molecule has 0 saturated carbocycles. The highest BCUT2D eigenvalue weighted by molar-refractivity contribution is 5.85. The Morgan fingerprint density at radius 3 is 2.70 bits per heavy atom. The Hall–Kier alpha value is -2.25. The summed E-state index contributed by atoms with van der Waals surface area (Å²) >= 11 is 0. The van der Waals surface area contributed by atoms with E-state index < -0.39 is 5.54 Å². The van der Waals surface area contributed by atoms with Crippen LogP contribution in [0.4, 0.5) is 0 Å². The van der Waals surface area contributed by atoms with Gasteiger partial charge < -0.3 is 20.1 Å². The van der Waals surface area contributed by atoms with Crippen LogP contribution in [0.2, 0.25) is 0 Å². The molecule has 1 aliphatic rings. The Labute approximate surface area is 165 Å². The fraction of sp³-hybridized carbons (Fsp3) is 0.474. The second-order valence-corrected chi connectivity index (χ2v) is 6.42. The molecule has 2 aromatic rings. The highest BCUT2D eigenvalue weighted by Gasteiger charge is 2.41. The Morgan fingerprint density at radius 1 is 1.30 bits per heavy atom. The fourth-order valence-electron chi connectivity index (χ4n) is 3.46.